The van der Waals surface area contributed by atoms with Crippen molar-refractivity contribution >= 4 is 33.4 Å². The summed E-state index contributed by atoms with van der Waals surface area (Å²) >= 11 is 1.28. The summed E-state index contributed by atoms with van der Waals surface area (Å²) in [5.41, 5.74) is 0.646. The highest BCUT2D eigenvalue weighted by Crippen LogP contribution is 2.32. The van der Waals surface area contributed by atoms with Crippen molar-refractivity contribution in [2.75, 3.05) is 6.54 Å². The standard InChI is InChI=1S/C19H18FN5O3S/c1-9(17(27)21-8-16(26)24-11-2-3-11)18-25-14-5-13(20)12(4-15(14)29-18)10-6-22-19(28)23-7-10/h4-7,9,11H,2-3,8H2,1H3,(H,21,27)(H,24,26)(H,22,23,28). The summed E-state index contributed by atoms with van der Waals surface area (Å²) in [7, 11) is 0. The third kappa shape index (κ3) is 4.32. The summed E-state index contributed by atoms with van der Waals surface area (Å²) < 4.78 is 15.2. The third-order valence-corrected chi connectivity index (χ3v) is 5.81. The fourth-order valence-corrected chi connectivity index (χ4v) is 3.84. The average molecular weight is 415 g/mol. The van der Waals surface area contributed by atoms with Gasteiger partial charge in [-0.2, -0.15) is 0 Å². The first-order chi connectivity index (χ1) is 13.9. The lowest BCUT2D eigenvalue weighted by Gasteiger charge is -2.09. The number of carbonyl (C=O) groups excluding carboxylic acids is 2. The first-order valence-electron chi connectivity index (χ1n) is 9.13. The van der Waals surface area contributed by atoms with Crippen molar-refractivity contribution < 1.29 is 14.0 Å². The molecular formula is C19H18FN5O3S. The molecule has 1 aromatic carbocycles. The van der Waals surface area contributed by atoms with E-state index in [1.54, 1.807) is 13.0 Å². The van der Waals surface area contributed by atoms with Gasteiger partial charge in [-0.15, -0.1) is 11.3 Å². The summed E-state index contributed by atoms with van der Waals surface area (Å²) in [6, 6.07) is 3.15. The molecule has 150 valence electrons. The fraction of sp³-hybridized carbons (Fsp3) is 0.316. The molecule has 1 aliphatic carbocycles. The number of amides is 2. The molecule has 1 saturated carbocycles. The van der Waals surface area contributed by atoms with Gasteiger partial charge in [0, 0.05) is 35.6 Å². The van der Waals surface area contributed by atoms with Crippen LogP contribution in [0.1, 0.15) is 30.7 Å². The van der Waals surface area contributed by atoms with Crippen LogP contribution < -0.4 is 16.3 Å². The molecule has 10 heteroatoms. The molecule has 0 radical (unpaired) electrons. The second-order valence-corrected chi connectivity index (χ2v) is 8.00. The van der Waals surface area contributed by atoms with E-state index in [2.05, 4.69) is 25.6 Å². The second-order valence-electron chi connectivity index (χ2n) is 6.94. The number of thiazole rings is 1. The Bertz CT molecular complexity index is 1130. The normalized spacial score (nSPS) is 14.6. The van der Waals surface area contributed by atoms with Gasteiger partial charge in [0.15, 0.2) is 0 Å². The number of halogens is 1. The summed E-state index contributed by atoms with van der Waals surface area (Å²) in [4.78, 5) is 45.6. The Kier molecular flexibility index (Phi) is 5.10. The van der Waals surface area contributed by atoms with E-state index in [0.717, 1.165) is 12.8 Å². The molecule has 3 aromatic rings. The van der Waals surface area contributed by atoms with Crippen LogP contribution in [0.2, 0.25) is 0 Å². The lowest BCUT2D eigenvalue weighted by atomic mass is 10.1. The summed E-state index contributed by atoms with van der Waals surface area (Å²) in [6.07, 6.45) is 4.66. The molecule has 1 unspecified atom stereocenters. The smallest absolute Gasteiger partial charge is 0.344 e. The maximum absolute atomic E-state index is 14.5. The lowest BCUT2D eigenvalue weighted by Crippen LogP contribution is -2.39. The molecule has 2 aromatic heterocycles. The molecule has 0 aliphatic heterocycles. The zero-order chi connectivity index (χ0) is 20.5. The zero-order valence-electron chi connectivity index (χ0n) is 15.5. The monoisotopic (exact) mass is 415 g/mol. The molecule has 1 atom stereocenters. The number of carbonyl (C=O) groups is 2. The molecule has 3 N–H and O–H groups in total. The van der Waals surface area contributed by atoms with Gasteiger partial charge >= 0.3 is 5.69 Å². The van der Waals surface area contributed by atoms with E-state index < -0.39 is 17.4 Å². The van der Waals surface area contributed by atoms with Gasteiger partial charge in [-0.1, -0.05) is 0 Å². The number of hydrogen-bond acceptors (Lipinski definition) is 6. The average Bonchev–Trinajstić information content (AvgIpc) is 3.42. The number of nitrogens with zero attached hydrogens (tertiary/aromatic N) is 2. The molecule has 0 bridgehead atoms. The molecule has 2 amide bonds. The van der Waals surface area contributed by atoms with Crippen LogP contribution in [0, 0.1) is 5.82 Å². The molecular weight excluding hydrogens is 397 g/mol. The van der Waals surface area contributed by atoms with Crippen molar-refractivity contribution in [3.8, 4) is 11.1 Å². The SMILES string of the molecule is CC(C(=O)NCC(=O)NC1CC1)c1nc2cc(F)c(-c3cnc(=O)[nH]c3)cc2s1. The van der Waals surface area contributed by atoms with Crippen LogP contribution in [0.4, 0.5) is 4.39 Å². The van der Waals surface area contributed by atoms with E-state index in [9.17, 15) is 18.8 Å². The maximum atomic E-state index is 14.5. The van der Waals surface area contributed by atoms with Crippen LogP contribution in [0.3, 0.4) is 0 Å². The minimum atomic E-state index is -0.581. The summed E-state index contributed by atoms with van der Waals surface area (Å²) in [5, 5.41) is 5.94. The van der Waals surface area contributed by atoms with Crippen molar-refractivity contribution in [2.45, 2.75) is 31.7 Å². The number of rotatable bonds is 6. The van der Waals surface area contributed by atoms with Gasteiger partial charge in [-0.05, 0) is 25.8 Å². The van der Waals surface area contributed by atoms with Crippen molar-refractivity contribution in [2.24, 2.45) is 0 Å². The van der Waals surface area contributed by atoms with Crippen LogP contribution in [-0.2, 0) is 9.59 Å². The first kappa shape index (κ1) is 19.2. The van der Waals surface area contributed by atoms with Crippen LogP contribution >= 0.6 is 11.3 Å². The van der Waals surface area contributed by atoms with Crippen molar-refractivity contribution in [1.29, 1.82) is 0 Å². The van der Waals surface area contributed by atoms with E-state index in [4.69, 9.17) is 0 Å². The number of fused-ring (bicyclic) bond motifs is 1. The Labute approximate surface area is 168 Å². The highest BCUT2D eigenvalue weighted by molar-refractivity contribution is 7.18. The summed E-state index contributed by atoms with van der Waals surface area (Å²) in [6.45, 7) is 1.61. The Morgan fingerprint density at radius 3 is 2.86 bits per heavy atom. The zero-order valence-corrected chi connectivity index (χ0v) is 16.3. The van der Waals surface area contributed by atoms with E-state index in [0.29, 0.717) is 20.8 Å². The molecule has 0 saturated heterocycles. The molecule has 0 spiro atoms. The number of H-pyrrole nitrogens is 1. The van der Waals surface area contributed by atoms with Crippen LogP contribution in [0.25, 0.3) is 21.3 Å². The van der Waals surface area contributed by atoms with E-state index >= 15 is 0 Å². The number of aromatic amines is 1. The maximum Gasteiger partial charge on any atom is 0.344 e. The third-order valence-electron chi connectivity index (χ3n) is 4.61. The lowest BCUT2D eigenvalue weighted by molar-refractivity contribution is -0.126. The van der Waals surface area contributed by atoms with Gasteiger partial charge in [0.05, 0.1) is 22.7 Å². The van der Waals surface area contributed by atoms with Gasteiger partial charge in [-0.25, -0.2) is 19.2 Å². The molecule has 8 nitrogen and oxygen atoms in total. The van der Waals surface area contributed by atoms with Gasteiger partial charge in [-0.3, -0.25) is 9.59 Å². The predicted molar refractivity (Wildman–Crippen MR) is 106 cm³/mol. The Morgan fingerprint density at radius 2 is 2.17 bits per heavy atom. The van der Waals surface area contributed by atoms with Crippen molar-refractivity contribution in [3.63, 3.8) is 0 Å². The largest absolute Gasteiger partial charge is 0.352 e. The molecule has 4 rings (SSSR count). The van der Waals surface area contributed by atoms with Crippen molar-refractivity contribution in [3.05, 3.63) is 45.8 Å². The topological polar surface area (TPSA) is 117 Å². The minimum absolute atomic E-state index is 0.0808. The van der Waals surface area contributed by atoms with Crippen LogP contribution in [0.5, 0.6) is 0 Å². The van der Waals surface area contributed by atoms with Crippen LogP contribution in [0.15, 0.2) is 29.3 Å². The Balaban J connectivity index is 1.51. The number of hydrogen-bond donors (Lipinski definition) is 3. The van der Waals surface area contributed by atoms with Crippen molar-refractivity contribution in [1.82, 2.24) is 25.6 Å². The van der Waals surface area contributed by atoms with E-state index in [1.807, 2.05) is 0 Å². The minimum Gasteiger partial charge on any atom is -0.352 e. The first-order valence-corrected chi connectivity index (χ1v) is 9.94. The summed E-state index contributed by atoms with van der Waals surface area (Å²) in [5.74, 6) is -1.61. The fourth-order valence-electron chi connectivity index (χ4n) is 2.80. The highest BCUT2D eigenvalue weighted by Gasteiger charge is 2.24. The highest BCUT2D eigenvalue weighted by atomic mass is 32.1. The second kappa shape index (κ2) is 7.70. The number of benzene rings is 1. The Hall–Kier alpha value is -3.14. The molecule has 2 heterocycles. The quantitative estimate of drug-likeness (QED) is 0.566. The van der Waals surface area contributed by atoms with Gasteiger partial charge in [0.2, 0.25) is 11.8 Å². The van der Waals surface area contributed by atoms with Crippen LogP contribution in [-0.4, -0.2) is 39.4 Å². The molecule has 1 aliphatic rings. The molecule has 29 heavy (non-hydrogen) atoms. The van der Waals surface area contributed by atoms with E-state index in [1.165, 1.54) is 29.8 Å². The van der Waals surface area contributed by atoms with Gasteiger partial charge < -0.3 is 15.6 Å². The van der Waals surface area contributed by atoms with Gasteiger partial charge in [0.25, 0.3) is 0 Å². The molecule has 1 fully saturated rings. The number of aromatic nitrogens is 3. The number of nitrogens with one attached hydrogen (secondary N) is 3. The Morgan fingerprint density at radius 1 is 1.38 bits per heavy atom. The predicted octanol–water partition coefficient (Wildman–Crippen LogP) is 1.68. The van der Waals surface area contributed by atoms with E-state index in [-0.39, 0.29) is 30.0 Å². The van der Waals surface area contributed by atoms with Gasteiger partial charge in [0.1, 0.15) is 10.8 Å².